The summed E-state index contributed by atoms with van der Waals surface area (Å²) in [6, 6.07) is 3.14. The molecule has 0 saturated carbocycles. The zero-order valence-electron chi connectivity index (χ0n) is 12.9. The molecule has 1 aromatic heterocycles. The number of carbonyl (C=O) groups excluding carboxylic acids is 1. The summed E-state index contributed by atoms with van der Waals surface area (Å²) in [6.07, 6.45) is -5.04. The molecule has 1 aliphatic heterocycles. The molecule has 1 atom stereocenters. The molecule has 0 bridgehead atoms. The van der Waals surface area contributed by atoms with Crippen LogP contribution in [-0.4, -0.2) is 42.2 Å². The summed E-state index contributed by atoms with van der Waals surface area (Å²) in [5.74, 6) is -3.55. The van der Waals surface area contributed by atoms with Crippen molar-refractivity contribution in [3.63, 3.8) is 0 Å². The van der Waals surface area contributed by atoms with E-state index in [1.807, 2.05) is 0 Å². The summed E-state index contributed by atoms with van der Waals surface area (Å²) in [6.45, 7) is -1.98. The Morgan fingerprint density at radius 3 is 2.77 bits per heavy atom. The van der Waals surface area contributed by atoms with Crippen LogP contribution >= 0.6 is 23.7 Å². The summed E-state index contributed by atoms with van der Waals surface area (Å²) in [5.41, 5.74) is 0.448. The molecular weight excluding hydrogens is 405 g/mol. The van der Waals surface area contributed by atoms with E-state index >= 15 is 0 Å². The number of fused-ring (bicyclic) bond motifs is 1. The first-order chi connectivity index (χ1) is 11.6. The zero-order chi connectivity index (χ0) is 18.2. The van der Waals surface area contributed by atoms with Crippen LogP contribution < -0.4 is 15.4 Å². The van der Waals surface area contributed by atoms with Crippen molar-refractivity contribution in [1.29, 1.82) is 0 Å². The fourth-order valence-corrected chi connectivity index (χ4v) is 3.20. The van der Waals surface area contributed by atoms with Gasteiger partial charge in [-0.1, -0.05) is 11.3 Å². The highest BCUT2D eigenvalue weighted by molar-refractivity contribution is 7.22. The van der Waals surface area contributed by atoms with Crippen molar-refractivity contribution >= 4 is 45.0 Å². The Labute approximate surface area is 154 Å². The van der Waals surface area contributed by atoms with Gasteiger partial charge in [0.25, 0.3) is 5.92 Å². The summed E-state index contributed by atoms with van der Waals surface area (Å²) in [7, 11) is 0. The number of benzene rings is 1. The van der Waals surface area contributed by atoms with E-state index in [0.717, 1.165) is 11.3 Å². The Kier molecular flexibility index (Phi) is 5.93. The first-order valence-electron chi connectivity index (χ1n) is 7.14. The van der Waals surface area contributed by atoms with Crippen molar-refractivity contribution in [1.82, 2.24) is 10.3 Å². The van der Waals surface area contributed by atoms with Gasteiger partial charge in [-0.15, -0.1) is 12.4 Å². The van der Waals surface area contributed by atoms with Gasteiger partial charge in [-0.2, -0.15) is 13.2 Å². The molecule has 144 valence electrons. The highest BCUT2D eigenvalue weighted by Crippen LogP contribution is 2.31. The fourth-order valence-electron chi connectivity index (χ4n) is 2.31. The predicted octanol–water partition coefficient (Wildman–Crippen LogP) is 3.59. The van der Waals surface area contributed by atoms with Gasteiger partial charge in [-0.3, -0.25) is 10.1 Å². The second kappa shape index (κ2) is 7.49. The maximum Gasteiger partial charge on any atom is 0.422 e. The third kappa shape index (κ3) is 5.15. The van der Waals surface area contributed by atoms with Crippen LogP contribution in [0.5, 0.6) is 5.75 Å². The van der Waals surface area contributed by atoms with E-state index in [2.05, 4.69) is 20.4 Å². The monoisotopic (exact) mass is 417 g/mol. The molecule has 0 spiro atoms. The molecule has 3 rings (SSSR count). The lowest BCUT2D eigenvalue weighted by Gasteiger charge is -2.08. The number of hydrogen-bond acceptors (Lipinski definition) is 5. The van der Waals surface area contributed by atoms with Crippen LogP contribution in [0.4, 0.5) is 27.1 Å². The number of thiazole rings is 1. The average molecular weight is 418 g/mol. The first-order valence-corrected chi connectivity index (χ1v) is 7.95. The van der Waals surface area contributed by atoms with Crippen molar-refractivity contribution in [3.8, 4) is 5.75 Å². The molecule has 2 heterocycles. The van der Waals surface area contributed by atoms with Crippen molar-refractivity contribution in [2.24, 2.45) is 0 Å². The molecule has 1 amide bonds. The number of alkyl halides is 5. The van der Waals surface area contributed by atoms with Gasteiger partial charge in [0.05, 0.1) is 22.8 Å². The summed E-state index contributed by atoms with van der Waals surface area (Å²) >= 11 is 1.01. The fraction of sp³-hybridized carbons (Fsp3) is 0.429. The van der Waals surface area contributed by atoms with Gasteiger partial charge in [0, 0.05) is 6.42 Å². The van der Waals surface area contributed by atoms with Crippen LogP contribution in [0.15, 0.2) is 18.2 Å². The number of ether oxygens (including phenoxy) is 1. The first kappa shape index (κ1) is 20.6. The van der Waals surface area contributed by atoms with Crippen molar-refractivity contribution in [2.45, 2.75) is 24.6 Å². The number of halogens is 6. The number of amides is 1. The highest BCUT2D eigenvalue weighted by Gasteiger charge is 2.42. The summed E-state index contributed by atoms with van der Waals surface area (Å²) in [5, 5.41) is 5.04. The molecule has 1 aliphatic rings. The third-order valence-corrected chi connectivity index (χ3v) is 4.35. The van der Waals surface area contributed by atoms with Gasteiger partial charge in [0.15, 0.2) is 11.7 Å². The molecule has 2 aromatic rings. The predicted molar refractivity (Wildman–Crippen MR) is 88.4 cm³/mol. The normalized spacial score (nSPS) is 19.2. The molecule has 1 saturated heterocycles. The van der Waals surface area contributed by atoms with E-state index in [4.69, 9.17) is 0 Å². The van der Waals surface area contributed by atoms with Crippen LogP contribution in [0.1, 0.15) is 6.42 Å². The smallest absolute Gasteiger partial charge is 0.422 e. The van der Waals surface area contributed by atoms with Crippen LogP contribution in [0, 0.1) is 0 Å². The highest BCUT2D eigenvalue weighted by atomic mass is 35.5. The van der Waals surface area contributed by atoms with Crippen LogP contribution in [0.25, 0.3) is 10.2 Å². The van der Waals surface area contributed by atoms with Crippen LogP contribution in [-0.2, 0) is 4.79 Å². The van der Waals surface area contributed by atoms with Crippen LogP contribution in [0.3, 0.4) is 0 Å². The Morgan fingerprint density at radius 2 is 2.15 bits per heavy atom. The minimum absolute atomic E-state index is 0. The Morgan fingerprint density at radius 1 is 1.42 bits per heavy atom. The number of rotatable bonds is 4. The largest absolute Gasteiger partial charge is 0.484 e. The zero-order valence-corrected chi connectivity index (χ0v) is 14.5. The Bertz CT molecular complexity index is 798. The number of nitrogens with zero attached hydrogens (tertiary/aromatic N) is 1. The Hall–Kier alpha value is -1.72. The molecule has 1 fully saturated rings. The molecule has 0 aliphatic carbocycles. The van der Waals surface area contributed by atoms with Gasteiger partial charge in [0.1, 0.15) is 5.75 Å². The second-order valence-electron chi connectivity index (χ2n) is 5.54. The van der Waals surface area contributed by atoms with Crippen molar-refractivity contribution < 1.29 is 31.5 Å². The number of carbonyl (C=O) groups is 1. The lowest BCUT2D eigenvalue weighted by Crippen LogP contribution is -2.35. The van der Waals surface area contributed by atoms with E-state index in [1.165, 1.54) is 18.2 Å². The minimum Gasteiger partial charge on any atom is -0.484 e. The lowest BCUT2D eigenvalue weighted by atomic mass is 10.2. The van der Waals surface area contributed by atoms with Gasteiger partial charge in [-0.05, 0) is 18.2 Å². The topological polar surface area (TPSA) is 63.2 Å². The maximum atomic E-state index is 13.1. The molecule has 26 heavy (non-hydrogen) atoms. The molecule has 12 heteroatoms. The molecule has 2 N–H and O–H groups in total. The van der Waals surface area contributed by atoms with Gasteiger partial charge in [0.2, 0.25) is 5.91 Å². The lowest BCUT2D eigenvalue weighted by molar-refractivity contribution is -0.153. The summed E-state index contributed by atoms with van der Waals surface area (Å²) < 4.78 is 67.9. The molecule has 1 unspecified atom stereocenters. The van der Waals surface area contributed by atoms with Gasteiger partial charge < -0.3 is 10.1 Å². The number of anilines is 1. The van der Waals surface area contributed by atoms with Gasteiger partial charge >= 0.3 is 6.18 Å². The van der Waals surface area contributed by atoms with E-state index < -0.39 is 43.6 Å². The van der Waals surface area contributed by atoms with Crippen LogP contribution in [0.2, 0.25) is 0 Å². The van der Waals surface area contributed by atoms with E-state index in [1.54, 1.807) is 0 Å². The molecule has 0 radical (unpaired) electrons. The third-order valence-electron chi connectivity index (χ3n) is 3.42. The van der Waals surface area contributed by atoms with E-state index in [-0.39, 0.29) is 23.3 Å². The number of hydrogen-bond donors (Lipinski definition) is 2. The SMILES string of the molecule is Cl.O=C(Nc1nc2ccc(OCC(F)(F)F)cc2s1)C1CC(F)(F)CN1. The quantitative estimate of drug-likeness (QED) is 0.746. The van der Waals surface area contributed by atoms with Crippen molar-refractivity contribution in [2.75, 3.05) is 18.5 Å². The van der Waals surface area contributed by atoms with E-state index in [0.29, 0.717) is 10.2 Å². The number of aromatic nitrogens is 1. The average Bonchev–Trinajstić information content (AvgIpc) is 3.06. The standard InChI is InChI=1S/C14H12F5N3O2S.ClH/c15-13(16)4-9(20-5-13)11(23)22-12-21-8-2-1-7(3-10(8)25-12)24-6-14(17,18)19;/h1-3,9,20H,4-6H2,(H,21,22,23);1H. The van der Waals surface area contributed by atoms with Gasteiger partial charge in [-0.25, -0.2) is 13.8 Å². The Balaban J connectivity index is 0.00000243. The molecular formula is C14H13ClF5N3O2S. The summed E-state index contributed by atoms with van der Waals surface area (Å²) in [4.78, 5) is 16.1. The second-order valence-corrected chi connectivity index (χ2v) is 6.57. The van der Waals surface area contributed by atoms with E-state index in [9.17, 15) is 26.7 Å². The maximum absolute atomic E-state index is 13.1. The molecule has 5 nitrogen and oxygen atoms in total. The minimum atomic E-state index is -4.45. The van der Waals surface area contributed by atoms with Crippen molar-refractivity contribution in [3.05, 3.63) is 18.2 Å². The number of nitrogens with one attached hydrogen (secondary N) is 2. The molecule has 1 aromatic carbocycles.